The van der Waals surface area contributed by atoms with Gasteiger partial charge in [-0.25, -0.2) is 0 Å². The maximum atomic E-state index is 12.2. The van der Waals surface area contributed by atoms with Crippen molar-refractivity contribution in [1.29, 1.82) is 0 Å². The van der Waals surface area contributed by atoms with E-state index in [2.05, 4.69) is 29.8 Å². The van der Waals surface area contributed by atoms with E-state index in [1.165, 1.54) is 0 Å². The van der Waals surface area contributed by atoms with Gasteiger partial charge in [0.05, 0.1) is 12.0 Å². The summed E-state index contributed by atoms with van der Waals surface area (Å²) in [6, 6.07) is 5.64. The van der Waals surface area contributed by atoms with Crippen molar-refractivity contribution >= 4 is 21.7 Å². The fraction of sp³-hybridized carbons (Fsp3) is 0.533. The van der Waals surface area contributed by atoms with Gasteiger partial charge < -0.3 is 4.74 Å². The van der Waals surface area contributed by atoms with Gasteiger partial charge in [0.1, 0.15) is 11.4 Å². The lowest BCUT2D eigenvalue weighted by Gasteiger charge is -2.35. The first-order chi connectivity index (χ1) is 8.39. The van der Waals surface area contributed by atoms with Crippen molar-refractivity contribution in [1.82, 2.24) is 0 Å². The van der Waals surface area contributed by atoms with Crippen molar-refractivity contribution < 1.29 is 9.53 Å². The van der Waals surface area contributed by atoms with Crippen LogP contribution in [0.1, 0.15) is 50.4 Å². The van der Waals surface area contributed by atoms with Gasteiger partial charge in [-0.15, -0.1) is 0 Å². The zero-order chi connectivity index (χ0) is 13.3. The van der Waals surface area contributed by atoms with Crippen LogP contribution in [0.4, 0.5) is 0 Å². The summed E-state index contributed by atoms with van der Waals surface area (Å²) >= 11 is 3.39. The quantitative estimate of drug-likeness (QED) is 0.815. The van der Waals surface area contributed by atoms with Crippen LogP contribution < -0.4 is 4.74 Å². The van der Waals surface area contributed by atoms with Gasteiger partial charge in [-0.2, -0.15) is 0 Å². The highest BCUT2D eigenvalue weighted by Crippen LogP contribution is 2.37. The maximum absolute atomic E-state index is 12.2. The molecule has 0 N–H and O–H groups in total. The second-order valence-electron chi connectivity index (χ2n) is 5.72. The smallest absolute Gasteiger partial charge is 0.170 e. The van der Waals surface area contributed by atoms with E-state index in [1.807, 2.05) is 25.1 Å². The van der Waals surface area contributed by atoms with Crippen molar-refractivity contribution in [3.63, 3.8) is 0 Å². The van der Waals surface area contributed by atoms with E-state index in [-0.39, 0.29) is 11.4 Å². The van der Waals surface area contributed by atoms with Gasteiger partial charge in [0.25, 0.3) is 0 Å². The zero-order valence-electron chi connectivity index (χ0n) is 11.1. The lowest BCUT2D eigenvalue weighted by Crippen LogP contribution is -2.39. The number of carbonyl (C=O) groups excluding carboxylic acids is 1. The van der Waals surface area contributed by atoms with Crippen molar-refractivity contribution in [2.75, 3.05) is 0 Å². The Morgan fingerprint density at radius 3 is 2.83 bits per heavy atom. The van der Waals surface area contributed by atoms with Gasteiger partial charge in [-0.05, 0) is 43.9 Å². The van der Waals surface area contributed by atoms with Gasteiger partial charge in [0.2, 0.25) is 0 Å². The molecule has 98 valence electrons. The minimum absolute atomic E-state index is 0.184. The number of ether oxygens (including phenoxy) is 1. The molecular weight excluding hydrogens is 292 g/mol. The van der Waals surface area contributed by atoms with Gasteiger partial charge in [-0.1, -0.05) is 29.8 Å². The number of fused-ring (bicyclic) bond motifs is 1. The predicted octanol–water partition coefficient (Wildman–Crippen LogP) is 4.61. The average molecular weight is 311 g/mol. The number of hydrogen-bond acceptors (Lipinski definition) is 2. The molecule has 3 heteroatoms. The molecule has 1 aromatic rings. The molecule has 0 saturated carbocycles. The van der Waals surface area contributed by atoms with Crippen LogP contribution in [-0.2, 0) is 0 Å². The zero-order valence-corrected chi connectivity index (χ0v) is 12.7. The average Bonchev–Trinajstić information content (AvgIpc) is 2.28. The van der Waals surface area contributed by atoms with Crippen LogP contribution >= 0.6 is 15.9 Å². The molecule has 1 unspecified atom stereocenters. The van der Waals surface area contributed by atoms with Gasteiger partial charge in [-0.3, -0.25) is 4.79 Å². The van der Waals surface area contributed by atoms with E-state index in [0.29, 0.717) is 17.9 Å². The van der Waals surface area contributed by atoms with E-state index < -0.39 is 0 Å². The minimum Gasteiger partial charge on any atom is -0.486 e. The molecule has 1 atom stereocenters. The van der Waals surface area contributed by atoms with Crippen LogP contribution in [-0.4, -0.2) is 11.4 Å². The summed E-state index contributed by atoms with van der Waals surface area (Å²) in [6.07, 6.45) is 2.48. The van der Waals surface area contributed by atoms with Crippen molar-refractivity contribution in [3.8, 4) is 5.75 Å². The van der Waals surface area contributed by atoms with Crippen molar-refractivity contribution in [2.45, 2.75) is 45.6 Å². The molecule has 18 heavy (non-hydrogen) atoms. The summed E-state index contributed by atoms with van der Waals surface area (Å²) < 4.78 is 6.97. The molecule has 0 spiro atoms. The second-order valence-corrected chi connectivity index (χ2v) is 6.64. The number of benzene rings is 1. The highest BCUT2D eigenvalue weighted by molar-refractivity contribution is 9.10. The van der Waals surface area contributed by atoms with E-state index in [4.69, 9.17) is 4.74 Å². The summed E-state index contributed by atoms with van der Waals surface area (Å²) in [6.45, 7) is 6.43. The Morgan fingerprint density at radius 2 is 2.17 bits per heavy atom. The Morgan fingerprint density at radius 1 is 1.44 bits per heavy atom. The van der Waals surface area contributed by atoms with Gasteiger partial charge in [0, 0.05) is 4.47 Å². The predicted molar refractivity (Wildman–Crippen MR) is 76.2 cm³/mol. The van der Waals surface area contributed by atoms with Gasteiger partial charge >= 0.3 is 0 Å². The van der Waals surface area contributed by atoms with Crippen LogP contribution in [0.5, 0.6) is 5.75 Å². The van der Waals surface area contributed by atoms with E-state index in [1.54, 1.807) is 0 Å². The Balaban J connectivity index is 2.22. The normalized spacial score (nSPS) is 22.8. The highest BCUT2D eigenvalue weighted by atomic mass is 79.9. The first kappa shape index (κ1) is 13.6. The topological polar surface area (TPSA) is 26.3 Å². The third kappa shape index (κ3) is 2.94. The van der Waals surface area contributed by atoms with E-state index >= 15 is 0 Å². The summed E-state index contributed by atoms with van der Waals surface area (Å²) in [5.41, 5.74) is 0.355. The second kappa shape index (κ2) is 5.04. The maximum Gasteiger partial charge on any atom is 0.170 e. The number of Topliss-reactive ketones (excluding diaryl/α,β-unsaturated/α-hetero) is 1. The molecule has 0 fully saturated rings. The number of hydrogen-bond donors (Lipinski definition) is 0. The molecule has 1 aliphatic heterocycles. The molecule has 1 aliphatic rings. The summed E-state index contributed by atoms with van der Waals surface area (Å²) in [5.74, 6) is 1.54. The lowest BCUT2D eigenvalue weighted by atomic mass is 9.86. The summed E-state index contributed by atoms with van der Waals surface area (Å²) in [7, 11) is 0. The fourth-order valence-electron chi connectivity index (χ4n) is 2.28. The fourth-order valence-corrected chi connectivity index (χ4v) is 2.64. The molecule has 1 heterocycles. The summed E-state index contributed by atoms with van der Waals surface area (Å²) in [5, 5.41) is 0. The van der Waals surface area contributed by atoms with Crippen molar-refractivity contribution in [2.24, 2.45) is 5.92 Å². The Labute approximate surface area is 117 Å². The molecule has 0 aromatic heterocycles. The number of halogens is 1. The standard InChI is InChI=1S/C15H19BrO2/c1-10(2)6-7-15(3)9-13(17)12-8-11(16)4-5-14(12)18-15/h4-5,8,10H,6-7,9H2,1-3H3. The molecule has 0 radical (unpaired) electrons. The Kier molecular flexibility index (Phi) is 3.81. The first-order valence-corrected chi connectivity index (χ1v) is 7.21. The third-order valence-electron chi connectivity index (χ3n) is 3.38. The number of rotatable bonds is 3. The van der Waals surface area contributed by atoms with E-state index in [9.17, 15) is 4.79 Å². The van der Waals surface area contributed by atoms with Gasteiger partial charge in [0.15, 0.2) is 5.78 Å². The monoisotopic (exact) mass is 310 g/mol. The highest BCUT2D eigenvalue weighted by Gasteiger charge is 2.36. The van der Waals surface area contributed by atoms with Crippen molar-refractivity contribution in [3.05, 3.63) is 28.2 Å². The molecule has 0 aliphatic carbocycles. The molecular formula is C15H19BrO2. The minimum atomic E-state index is -0.345. The lowest BCUT2D eigenvalue weighted by molar-refractivity contribution is 0.0436. The van der Waals surface area contributed by atoms with Crippen LogP contribution in [0.2, 0.25) is 0 Å². The van der Waals surface area contributed by atoms with Crippen LogP contribution in [0, 0.1) is 5.92 Å². The SMILES string of the molecule is CC(C)CCC1(C)CC(=O)c2cc(Br)ccc2O1. The first-order valence-electron chi connectivity index (χ1n) is 6.41. The molecule has 2 rings (SSSR count). The Bertz CT molecular complexity index is 468. The third-order valence-corrected chi connectivity index (χ3v) is 3.88. The molecule has 2 nitrogen and oxygen atoms in total. The number of ketones is 1. The largest absolute Gasteiger partial charge is 0.486 e. The van der Waals surface area contributed by atoms with Crippen LogP contribution in [0.25, 0.3) is 0 Å². The van der Waals surface area contributed by atoms with Crippen LogP contribution in [0.3, 0.4) is 0 Å². The van der Waals surface area contributed by atoms with E-state index in [0.717, 1.165) is 23.1 Å². The Hall–Kier alpha value is -0.830. The molecule has 0 amide bonds. The van der Waals surface area contributed by atoms with Crippen LogP contribution in [0.15, 0.2) is 22.7 Å². The number of carbonyl (C=O) groups is 1. The molecule has 0 saturated heterocycles. The molecule has 0 bridgehead atoms. The summed E-state index contributed by atoms with van der Waals surface area (Å²) in [4.78, 5) is 12.2. The molecule has 1 aromatic carbocycles.